The lowest BCUT2D eigenvalue weighted by atomic mass is 10.2. The molecule has 7 nitrogen and oxygen atoms in total. The smallest absolute Gasteiger partial charge is 0.332 e. The molecular weight excluding hydrogens is 228 g/mol. The lowest BCUT2D eigenvalue weighted by molar-refractivity contribution is -0.152. The molecule has 2 atom stereocenters. The Morgan fingerprint density at radius 1 is 1.29 bits per heavy atom. The summed E-state index contributed by atoms with van der Waals surface area (Å²) >= 11 is 0. The van der Waals surface area contributed by atoms with Crippen LogP contribution in [0.3, 0.4) is 0 Å². The van der Waals surface area contributed by atoms with Gasteiger partial charge in [-0.25, -0.2) is 4.79 Å². The van der Waals surface area contributed by atoms with E-state index < -0.39 is 24.1 Å². The van der Waals surface area contributed by atoms with E-state index in [9.17, 15) is 14.4 Å². The Kier molecular flexibility index (Phi) is 4.45. The van der Waals surface area contributed by atoms with Crippen LogP contribution in [0.5, 0.6) is 0 Å². The standard InChI is InChI=1S/C10H16N2O5/c1-12(2)8(13)5-11-9(14)6-3-4-7(17-6)10(15)16/h6-7H,3-5H2,1-2H3,(H,11,14)(H,15,16). The summed E-state index contributed by atoms with van der Waals surface area (Å²) in [6.45, 7) is -0.108. The summed E-state index contributed by atoms with van der Waals surface area (Å²) in [6.07, 6.45) is -1.02. The maximum Gasteiger partial charge on any atom is 0.332 e. The van der Waals surface area contributed by atoms with Crippen molar-refractivity contribution < 1.29 is 24.2 Å². The number of nitrogens with zero attached hydrogens (tertiary/aromatic N) is 1. The van der Waals surface area contributed by atoms with Crippen molar-refractivity contribution in [1.82, 2.24) is 10.2 Å². The quantitative estimate of drug-likeness (QED) is 0.649. The number of amides is 2. The Bertz CT molecular complexity index is 329. The number of aliphatic carboxylic acids is 1. The van der Waals surface area contributed by atoms with Gasteiger partial charge in [-0.3, -0.25) is 9.59 Å². The summed E-state index contributed by atoms with van der Waals surface area (Å²) in [6, 6.07) is 0. The molecule has 2 N–H and O–H groups in total. The largest absolute Gasteiger partial charge is 0.479 e. The van der Waals surface area contributed by atoms with Crippen molar-refractivity contribution in [2.24, 2.45) is 0 Å². The first kappa shape index (κ1) is 13.4. The fourth-order valence-electron chi connectivity index (χ4n) is 1.45. The highest BCUT2D eigenvalue weighted by Gasteiger charge is 2.34. The molecule has 7 heteroatoms. The normalized spacial score (nSPS) is 23.2. The summed E-state index contributed by atoms with van der Waals surface area (Å²) in [5.41, 5.74) is 0. The van der Waals surface area contributed by atoms with Crippen molar-refractivity contribution in [1.29, 1.82) is 0 Å². The van der Waals surface area contributed by atoms with E-state index in [0.717, 1.165) is 0 Å². The van der Waals surface area contributed by atoms with Crippen molar-refractivity contribution in [2.45, 2.75) is 25.0 Å². The molecule has 2 amide bonds. The van der Waals surface area contributed by atoms with E-state index in [1.807, 2.05) is 0 Å². The van der Waals surface area contributed by atoms with Crippen LogP contribution in [0, 0.1) is 0 Å². The lowest BCUT2D eigenvalue weighted by Crippen LogP contribution is -2.41. The summed E-state index contributed by atoms with van der Waals surface area (Å²) in [5.74, 6) is -1.74. The molecule has 0 aromatic heterocycles. The van der Waals surface area contributed by atoms with E-state index in [4.69, 9.17) is 9.84 Å². The van der Waals surface area contributed by atoms with Crippen LogP contribution in [0.4, 0.5) is 0 Å². The number of nitrogens with one attached hydrogen (secondary N) is 1. The Hall–Kier alpha value is -1.63. The average molecular weight is 244 g/mol. The maximum atomic E-state index is 11.5. The molecule has 2 unspecified atom stereocenters. The summed E-state index contributed by atoms with van der Waals surface area (Å²) in [7, 11) is 3.17. The third kappa shape index (κ3) is 3.70. The number of carboxylic acid groups (broad SMARTS) is 1. The minimum Gasteiger partial charge on any atom is -0.479 e. The van der Waals surface area contributed by atoms with Gasteiger partial charge in [-0.05, 0) is 12.8 Å². The molecule has 0 saturated carbocycles. The first-order valence-corrected chi connectivity index (χ1v) is 5.28. The molecule has 0 aromatic carbocycles. The molecule has 0 aromatic rings. The molecule has 1 saturated heterocycles. The highest BCUT2D eigenvalue weighted by molar-refractivity contribution is 5.87. The van der Waals surface area contributed by atoms with Gasteiger partial charge in [-0.1, -0.05) is 0 Å². The zero-order chi connectivity index (χ0) is 13.0. The van der Waals surface area contributed by atoms with Gasteiger partial charge in [-0.15, -0.1) is 0 Å². The minimum atomic E-state index is -1.07. The number of carbonyl (C=O) groups excluding carboxylic acids is 2. The Morgan fingerprint density at radius 2 is 1.88 bits per heavy atom. The molecule has 17 heavy (non-hydrogen) atoms. The van der Waals surface area contributed by atoms with Gasteiger partial charge in [-0.2, -0.15) is 0 Å². The minimum absolute atomic E-state index is 0.108. The molecule has 1 aliphatic rings. The third-order valence-electron chi connectivity index (χ3n) is 2.50. The SMILES string of the molecule is CN(C)C(=O)CNC(=O)C1CCC(C(=O)O)O1. The van der Waals surface area contributed by atoms with E-state index in [1.54, 1.807) is 14.1 Å². The molecule has 0 bridgehead atoms. The van der Waals surface area contributed by atoms with Gasteiger partial charge >= 0.3 is 5.97 Å². The number of carbonyl (C=O) groups is 3. The summed E-state index contributed by atoms with van der Waals surface area (Å²) in [4.78, 5) is 34.7. The van der Waals surface area contributed by atoms with Crippen LogP contribution < -0.4 is 5.32 Å². The van der Waals surface area contributed by atoms with Crippen molar-refractivity contribution in [2.75, 3.05) is 20.6 Å². The van der Waals surface area contributed by atoms with Crippen LogP contribution in [0.2, 0.25) is 0 Å². The summed E-state index contributed by atoms with van der Waals surface area (Å²) in [5, 5.41) is 11.1. The Morgan fingerprint density at radius 3 is 2.35 bits per heavy atom. The number of likely N-dealkylation sites (N-methyl/N-ethyl adjacent to an activating group) is 1. The van der Waals surface area contributed by atoms with Gasteiger partial charge in [0.25, 0.3) is 0 Å². The topological polar surface area (TPSA) is 95.9 Å². The van der Waals surface area contributed by atoms with Gasteiger partial charge in [0.2, 0.25) is 11.8 Å². The van der Waals surface area contributed by atoms with Crippen LogP contribution in [0.15, 0.2) is 0 Å². The molecule has 0 radical (unpaired) electrons. The first-order valence-electron chi connectivity index (χ1n) is 5.28. The fraction of sp³-hybridized carbons (Fsp3) is 0.700. The average Bonchev–Trinajstić information content (AvgIpc) is 2.74. The number of hydrogen-bond acceptors (Lipinski definition) is 4. The van der Waals surface area contributed by atoms with Crippen molar-refractivity contribution >= 4 is 17.8 Å². The zero-order valence-electron chi connectivity index (χ0n) is 9.80. The van der Waals surface area contributed by atoms with E-state index in [1.165, 1.54) is 4.90 Å². The van der Waals surface area contributed by atoms with Gasteiger partial charge < -0.3 is 20.1 Å². The van der Waals surface area contributed by atoms with Crippen LogP contribution >= 0.6 is 0 Å². The molecule has 1 rings (SSSR count). The molecule has 0 aliphatic carbocycles. The second-order valence-corrected chi connectivity index (χ2v) is 4.03. The van der Waals surface area contributed by atoms with E-state index in [2.05, 4.69) is 5.32 Å². The second kappa shape index (κ2) is 5.62. The van der Waals surface area contributed by atoms with Gasteiger partial charge in [0.15, 0.2) is 6.10 Å². The van der Waals surface area contributed by atoms with Crippen molar-refractivity contribution in [3.05, 3.63) is 0 Å². The third-order valence-corrected chi connectivity index (χ3v) is 2.50. The highest BCUT2D eigenvalue weighted by Crippen LogP contribution is 2.19. The zero-order valence-corrected chi connectivity index (χ0v) is 9.80. The Labute approximate surface area is 98.7 Å². The maximum absolute atomic E-state index is 11.5. The van der Waals surface area contributed by atoms with Crippen molar-refractivity contribution in [3.63, 3.8) is 0 Å². The first-order chi connectivity index (χ1) is 7.91. The fourth-order valence-corrected chi connectivity index (χ4v) is 1.45. The van der Waals surface area contributed by atoms with Gasteiger partial charge in [0.1, 0.15) is 6.10 Å². The van der Waals surface area contributed by atoms with Crippen LogP contribution in [0.25, 0.3) is 0 Å². The predicted molar refractivity (Wildman–Crippen MR) is 57.2 cm³/mol. The number of ether oxygens (including phenoxy) is 1. The second-order valence-electron chi connectivity index (χ2n) is 4.03. The number of hydrogen-bond donors (Lipinski definition) is 2. The van der Waals surface area contributed by atoms with Gasteiger partial charge in [0.05, 0.1) is 6.54 Å². The number of rotatable bonds is 4. The van der Waals surface area contributed by atoms with E-state index in [0.29, 0.717) is 12.8 Å². The van der Waals surface area contributed by atoms with Gasteiger partial charge in [0, 0.05) is 14.1 Å². The Balaban J connectivity index is 2.35. The van der Waals surface area contributed by atoms with Crippen molar-refractivity contribution in [3.8, 4) is 0 Å². The number of carboxylic acids is 1. The molecule has 1 heterocycles. The van der Waals surface area contributed by atoms with Crippen LogP contribution in [-0.2, 0) is 19.1 Å². The molecule has 1 fully saturated rings. The lowest BCUT2D eigenvalue weighted by Gasteiger charge is -2.13. The van der Waals surface area contributed by atoms with Crippen LogP contribution in [-0.4, -0.2) is 60.6 Å². The predicted octanol–water partition coefficient (Wildman–Crippen LogP) is -1.18. The molecular formula is C10H16N2O5. The molecule has 1 aliphatic heterocycles. The monoisotopic (exact) mass is 244 g/mol. The molecule has 0 spiro atoms. The summed E-state index contributed by atoms with van der Waals surface area (Å²) < 4.78 is 5.04. The highest BCUT2D eigenvalue weighted by atomic mass is 16.5. The van der Waals surface area contributed by atoms with E-state index in [-0.39, 0.29) is 12.5 Å². The molecule has 96 valence electrons. The van der Waals surface area contributed by atoms with Crippen LogP contribution in [0.1, 0.15) is 12.8 Å². The van der Waals surface area contributed by atoms with E-state index >= 15 is 0 Å².